The van der Waals surface area contributed by atoms with Gasteiger partial charge in [-0.15, -0.1) is 10.2 Å². The first-order chi connectivity index (χ1) is 15.4. The summed E-state index contributed by atoms with van der Waals surface area (Å²) in [7, 11) is 0. The number of aryl methyl sites for hydroxylation is 2. The van der Waals surface area contributed by atoms with E-state index in [0.717, 1.165) is 28.6 Å². The average molecular weight is 474 g/mol. The van der Waals surface area contributed by atoms with Gasteiger partial charge in [0.1, 0.15) is 16.8 Å². The third-order valence-corrected chi connectivity index (χ3v) is 6.16. The predicted octanol–water partition coefficient (Wildman–Crippen LogP) is 4.41. The summed E-state index contributed by atoms with van der Waals surface area (Å²) in [6.07, 6.45) is 0. The summed E-state index contributed by atoms with van der Waals surface area (Å²) in [6.45, 7) is 10.4. The van der Waals surface area contributed by atoms with E-state index < -0.39 is 5.25 Å². The first-order valence-electron chi connectivity index (χ1n) is 10.4. The second-order valence-corrected chi connectivity index (χ2v) is 9.15. The Bertz CT molecular complexity index is 1040. The quantitative estimate of drug-likeness (QED) is 0.241. The lowest BCUT2D eigenvalue weighted by Gasteiger charge is -2.13. The molecule has 0 N–H and O–H groups in total. The molecule has 32 heavy (non-hydrogen) atoms. The van der Waals surface area contributed by atoms with Crippen LogP contribution in [0.1, 0.15) is 38.0 Å². The lowest BCUT2D eigenvalue weighted by atomic mass is 10.3. The van der Waals surface area contributed by atoms with E-state index in [2.05, 4.69) is 20.2 Å². The third-order valence-electron chi connectivity index (χ3n) is 4.30. The molecule has 170 valence electrons. The van der Waals surface area contributed by atoms with Crippen LogP contribution in [0.25, 0.3) is 5.69 Å². The Hall–Kier alpha value is -2.59. The Labute approximate surface area is 196 Å². The Morgan fingerprint density at radius 2 is 1.75 bits per heavy atom. The highest BCUT2D eigenvalue weighted by molar-refractivity contribution is 8.00. The highest BCUT2D eigenvalue weighted by atomic mass is 32.2. The van der Waals surface area contributed by atoms with Crippen molar-refractivity contribution >= 4 is 29.5 Å². The molecule has 0 spiro atoms. The highest BCUT2D eigenvalue weighted by Crippen LogP contribution is 2.29. The number of carbonyl (C=O) groups excluding carboxylic acids is 1. The minimum absolute atomic E-state index is 0.279. The number of benzene rings is 1. The van der Waals surface area contributed by atoms with E-state index in [1.165, 1.54) is 23.5 Å². The maximum atomic E-state index is 12.2. The molecule has 0 bridgehead atoms. The van der Waals surface area contributed by atoms with Crippen LogP contribution in [0.5, 0.6) is 5.75 Å². The van der Waals surface area contributed by atoms with Gasteiger partial charge in [-0.05, 0) is 65.0 Å². The standard InChI is InChI=1S/C22H27N5O3S2/c1-6-29-18-10-8-17(9-11-18)27-19(13-31-21-23-14(3)12-15(4)24-21)25-26-22(27)32-16(5)20(28)30-7-2/h8-12,16H,6-7,13H2,1-5H3/t16-/m1/s1. The van der Waals surface area contributed by atoms with Crippen LogP contribution in [0.4, 0.5) is 0 Å². The van der Waals surface area contributed by atoms with E-state index in [1.807, 2.05) is 55.7 Å². The van der Waals surface area contributed by atoms with Gasteiger partial charge in [0.25, 0.3) is 0 Å². The molecular formula is C22H27N5O3S2. The number of aromatic nitrogens is 5. The zero-order valence-electron chi connectivity index (χ0n) is 18.9. The van der Waals surface area contributed by atoms with Crippen LogP contribution in [0.15, 0.2) is 40.6 Å². The molecule has 8 nitrogen and oxygen atoms in total. The van der Waals surface area contributed by atoms with Crippen molar-refractivity contribution in [2.75, 3.05) is 13.2 Å². The molecule has 0 saturated heterocycles. The van der Waals surface area contributed by atoms with Crippen LogP contribution in [0, 0.1) is 13.8 Å². The number of thioether (sulfide) groups is 2. The largest absolute Gasteiger partial charge is 0.494 e. The van der Waals surface area contributed by atoms with Crippen molar-refractivity contribution in [2.24, 2.45) is 0 Å². The first kappa shape index (κ1) is 24.1. The lowest BCUT2D eigenvalue weighted by Crippen LogP contribution is -2.17. The van der Waals surface area contributed by atoms with Crippen LogP contribution in [0.2, 0.25) is 0 Å². The molecule has 0 saturated carbocycles. The topological polar surface area (TPSA) is 92.0 Å². The van der Waals surface area contributed by atoms with Gasteiger partial charge in [0.15, 0.2) is 10.3 Å². The summed E-state index contributed by atoms with van der Waals surface area (Å²) in [6, 6.07) is 9.67. The Morgan fingerprint density at radius 3 is 2.38 bits per heavy atom. The van der Waals surface area contributed by atoms with Crippen LogP contribution in [-0.2, 0) is 15.3 Å². The van der Waals surface area contributed by atoms with Crippen molar-refractivity contribution in [3.05, 3.63) is 47.5 Å². The number of hydrogen-bond donors (Lipinski definition) is 0. The summed E-state index contributed by atoms with van der Waals surface area (Å²) in [5, 5.41) is 9.66. The van der Waals surface area contributed by atoms with E-state index in [0.29, 0.717) is 29.3 Å². The minimum atomic E-state index is -0.413. The van der Waals surface area contributed by atoms with Crippen molar-refractivity contribution in [3.8, 4) is 11.4 Å². The van der Waals surface area contributed by atoms with Crippen LogP contribution < -0.4 is 4.74 Å². The lowest BCUT2D eigenvalue weighted by molar-refractivity contribution is -0.142. The van der Waals surface area contributed by atoms with Gasteiger partial charge in [0.05, 0.1) is 19.0 Å². The van der Waals surface area contributed by atoms with E-state index in [4.69, 9.17) is 9.47 Å². The first-order valence-corrected chi connectivity index (χ1v) is 12.2. The molecule has 0 radical (unpaired) electrons. The zero-order chi connectivity index (χ0) is 23.1. The summed E-state index contributed by atoms with van der Waals surface area (Å²) < 4.78 is 12.7. The van der Waals surface area contributed by atoms with Gasteiger partial charge in [-0.1, -0.05) is 23.5 Å². The Morgan fingerprint density at radius 1 is 1.06 bits per heavy atom. The molecule has 0 aliphatic carbocycles. The van der Waals surface area contributed by atoms with E-state index in [1.54, 1.807) is 13.8 Å². The molecule has 10 heteroatoms. The third kappa shape index (κ3) is 6.23. The Kier molecular flexibility index (Phi) is 8.52. The number of carbonyl (C=O) groups is 1. The fraction of sp³-hybridized carbons (Fsp3) is 0.409. The fourth-order valence-corrected chi connectivity index (χ4v) is 4.69. The number of esters is 1. The van der Waals surface area contributed by atoms with E-state index in [9.17, 15) is 4.79 Å². The molecule has 2 heterocycles. The highest BCUT2D eigenvalue weighted by Gasteiger charge is 2.22. The summed E-state index contributed by atoms with van der Waals surface area (Å²) in [5.41, 5.74) is 2.73. The zero-order valence-corrected chi connectivity index (χ0v) is 20.5. The van der Waals surface area contributed by atoms with Gasteiger partial charge in [-0.3, -0.25) is 9.36 Å². The molecule has 0 aliphatic heterocycles. The summed E-state index contributed by atoms with van der Waals surface area (Å²) in [4.78, 5) is 21.1. The molecular weight excluding hydrogens is 446 g/mol. The summed E-state index contributed by atoms with van der Waals surface area (Å²) >= 11 is 2.82. The number of hydrogen-bond acceptors (Lipinski definition) is 9. The van der Waals surface area contributed by atoms with Gasteiger partial charge in [0.2, 0.25) is 0 Å². The maximum Gasteiger partial charge on any atom is 0.319 e. The molecule has 0 amide bonds. The van der Waals surface area contributed by atoms with Crippen molar-refractivity contribution in [1.82, 2.24) is 24.7 Å². The second-order valence-electron chi connectivity index (χ2n) is 6.90. The van der Waals surface area contributed by atoms with Crippen molar-refractivity contribution < 1.29 is 14.3 Å². The molecule has 3 rings (SSSR count). The normalized spacial score (nSPS) is 11.9. The molecule has 1 atom stereocenters. The van der Waals surface area contributed by atoms with Gasteiger partial charge in [-0.25, -0.2) is 9.97 Å². The Balaban J connectivity index is 1.90. The average Bonchev–Trinajstić information content (AvgIpc) is 3.15. The molecule has 0 fully saturated rings. The molecule has 1 aromatic carbocycles. The second kappa shape index (κ2) is 11.3. The summed E-state index contributed by atoms with van der Waals surface area (Å²) in [5.74, 6) is 1.77. The van der Waals surface area contributed by atoms with E-state index in [-0.39, 0.29) is 5.97 Å². The monoisotopic (exact) mass is 473 g/mol. The van der Waals surface area contributed by atoms with Crippen LogP contribution >= 0.6 is 23.5 Å². The van der Waals surface area contributed by atoms with Crippen molar-refractivity contribution in [2.45, 2.75) is 55.9 Å². The molecule has 2 aromatic heterocycles. The van der Waals surface area contributed by atoms with Crippen LogP contribution in [-0.4, -0.2) is 49.2 Å². The van der Waals surface area contributed by atoms with Crippen molar-refractivity contribution in [3.63, 3.8) is 0 Å². The minimum Gasteiger partial charge on any atom is -0.494 e. The molecule has 0 unspecified atom stereocenters. The smallest absolute Gasteiger partial charge is 0.319 e. The van der Waals surface area contributed by atoms with E-state index >= 15 is 0 Å². The SMILES string of the molecule is CCOC(=O)[C@@H](C)Sc1nnc(CSc2nc(C)cc(C)n2)n1-c1ccc(OCC)cc1. The van der Waals surface area contributed by atoms with Gasteiger partial charge >= 0.3 is 5.97 Å². The molecule has 0 aliphatic rings. The number of ether oxygens (including phenoxy) is 2. The maximum absolute atomic E-state index is 12.2. The number of rotatable bonds is 10. The van der Waals surface area contributed by atoms with Gasteiger partial charge in [0, 0.05) is 17.1 Å². The van der Waals surface area contributed by atoms with Crippen molar-refractivity contribution in [1.29, 1.82) is 0 Å². The fourth-order valence-electron chi connectivity index (χ4n) is 2.94. The van der Waals surface area contributed by atoms with Crippen LogP contribution in [0.3, 0.4) is 0 Å². The van der Waals surface area contributed by atoms with Gasteiger partial charge in [-0.2, -0.15) is 0 Å². The number of nitrogens with zero attached hydrogens (tertiary/aromatic N) is 5. The predicted molar refractivity (Wildman–Crippen MR) is 126 cm³/mol. The van der Waals surface area contributed by atoms with Gasteiger partial charge < -0.3 is 9.47 Å². The molecule has 3 aromatic rings.